The standard InChI is InChI=1S/2C4H6N2O.2C2H3ClO.2C2H6N2O.2CH4/c1-3-5-6-4(2)7-3;1-3-5-4(2)7-6-3;2*1-2(3)4;1-2(5)4-3;1-2(3)4-5;;/h2*1-2H3;2*1H3;3H2,1H3,(H,4,5);5H,1H3,(H2,3,4);2*1H4. The Balaban J connectivity index is -0.0000000696. The molecule has 0 aromatic carbocycles. The lowest BCUT2D eigenvalue weighted by Gasteiger charge is -1.80. The third-order valence-electron chi connectivity index (χ3n) is 1.62. The predicted octanol–water partition coefficient (Wildman–Crippen LogP) is 2.94. The van der Waals surface area contributed by atoms with E-state index in [0.717, 1.165) is 0 Å². The largest absolute Gasteiger partial charge is 0.426 e. The van der Waals surface area contributed by atoms with Crippen molar-refractivity contribution >= 4 is 45.4 Å². The molecule has 2 heterocycles. The third kappa shape index (κ3) is 63.0. The van der Waals surface area contributed by atoms with E-state index in [2.05, 4.69) is 59.1 Å². The van der Waals surface area contributed by atoms with Crippen molar-refractivity contribution < 1.29 is 28.5 Å². The number of carbonyl (C=O) groups is 3. The van der Waals surface area contributed by atoms with Crippen LogP contribution in [0.5, 0.6) is 0 Å². The average Bonchev–Trinajstić information content (AvgIpc) is 3.21. The minimum atomic E-state index is -0.361. The molecule has 0 aliphatic rings. The summed E-state index contributed by atoms with van der Waals surface area (Å²) in [5, 5.41) is 20.2. The second-order valence-corrected chi connectivity index (χ2v) is 6.15. The van der Waals surface area contributed by atoms with Crippen LogP contribution in [0, 0.1) is 27.7 Å². The SMILES string of the molecule is C.C.C/C(N)=N\O.CC(=O)Cl.CC(=O)Cl.CC(=O)NN.Cc1nnc(C)o1.Cc1noc(C)n1. The Morgan fingerprint density at radius 1 is 0.912 bits per heavy atom. The number of nitrogens with one attached hydrogen (secondary N) is 1. The molecule has 0 saturated heterocycles. The molecule has 1 amide bonds. The lowest BCUT2D eigenvalue weighted by atomic mass is 10.7. The number of aryl methyl sites for hydroxylation is 4. The molecule has 0 fully saturated rings. The number of nitrogens with two attached hydrogens (primary N) is 2. The van der Waals surface area contributed by atoms with Gasteiger partial charge in [0.05, 0.1) is 0 Å². The van der Waals surface area contributed by atoms with Crippen molar-refractivity contribution in [3.05, 3.63) is 23.5 Å². The van der Waals surface area contributed by atoms with Crippen LogP contribution in [0.4, 0.5) is 0 Å². The van der Waals surface area contributed by atoms with Crippen molar-refractivity contribution in [3.63, 3.8) is 0 Å². The number of nitrogens with zero attached hydrogens (tertiary/aromatic N) is 5. The van der Waals surface area contributed by atoms with E-state index < -0.39 is 0 Å². The third-order valence-corrected chi connectivity index (χ3v) is 1.62. The van der Waals surface area contributed by atoms with Crippen molar-refractivity contribution in [1.29, 1.82) is 0 Å². The average molecular weight is 533 g/mol. The topological polar surface area (TPSA) is 226 Å². The molecule has 34 heavy (non-hydrogen) atoms. The fraction of sp³-hybridized carbons (Fsp3) is 0.556. The first-order valence-electron chi connectivity index (χ1n) is 8.35. The molecule has 6 N–H and O–H groups in total. The van der Waals surface area contributed by atoms with Crippen LogP contribution in [-0.4, -0.2) is 47.8 Å². The maximum Gasteiger partial charge on any atom is 0.230 e. The fourth-order valence-corrected chi connectivity index (χ4v) is 0.796. The summed E-state index contributed by atoms with van der Waals surface area (Å²) in [5.74, 6) is 7.10. The van der Waals surface area contributed by atoms with Gasteiger partial charge in [0.1, 0.15) is 5.84 Å². The summed E-state index contributed by atoms with van der Waals surface area (Å²) in [6.45, 7) is 12.5. The number of hydrogen-bond acceptors (Lipinski definition) is 12. The number of carbonyl (C=O) groups excluding carboxylic acids is 3. The maximum atomic E-state index is 9.58. The van der Waals surface area contributed by atoms with Crippen molar-refractivity contribution in [3.8, 4) is 0 Å². The molecular formula is C18H38Cl2N8O6. The van der Waals surface area contributed by atoms with Gasteiger partial charge >= 0.3 is 0 Å². The molecule has 2 aromatic rings. The van der Waals surface area contributed by atoms with Crippen LogP contribution >= 0.6 is 23.2 Å². The first-order chi connectivity index (χ1) is 14.6. The van der Waals surface area contributed by atoms with E-state index in [1.807, 2.05) is 5.43 Å². The number of rotatable bonds is 0. The smallest absolute Gasteiger partial charge is 0.230 e. The summed E-state index contributed by atoms with van der Waals surface area (Å²) in [4.78, 5) is 31.8. The Kier molecular flexibility index (Phi) is 39.2. The quantitative estimate of drug-likeness (QED) is 0.0729. The zero-order valence-corrected chi connectivity index (χ0v) is 20.6. The van der Waals surface area contributed by atoms with Gasteiger partial charge in [-0.15, -0.1) is 10.2 Å². The van der Waals surface area contributed by atoms with Crippen LogP contribution in [-0.2, 0) is 14.4 Å². The summed E-state index contributed by atoms with van der Waals surface area (Å²) >= 11 is 9.27. The van der Waals surface area contributed by atoms with Gasteiger partial charge in [-0.25, -0.2) is 5.84 Å². The zero-order chi connectivity index (χ0) is 26.3. The number of oxime groups is 1. The van der Waals surface area contributed by atoms with E-state index in [-0.39, 0.29) is 37.1 Å². The molecule has 0 atom stereocenters. The van der Waals surface area contributed by atoms with E-state index in [1.165, 1.54) is 27.7 Å². The van der Waals surface area contributed by atoms with Crippen molar-refractivity contribution in [1.82, 2.24) is 25.8 Å². The molecule has 0 aliphatic carbocycles. The molecule has 0 spiro atoms. The molecular weight excluding hydrogens is 495 g/mol. The highest BCUT2D eigenvalue weighted by atomic mass is 35.5. The van der Waals surface area contributed by atoms with Gasteiger partial charge in [0.2, 0.25) is 34.1 Å². The Labute approximate surface area is 210 Å². The zero-order valence-electron chi connectivity index (χ0n) is 19.1. The van der Waals surface area contributed by atoms with Gasteiger partial charge in [0.25, 0.3) is 0 Å². The van der Waals surface area contributed by atoms with Gasteiger partial charge in [0, 0.05) is 41.5 Å². The predicted molar refractivity (Wildman–Crippen MR) is 131 cm³/mol. The molecule has 2 rings (SSSR count). The number of amides is 1. The normalized spacial score (nSPS) is 8.15. The Morgan fingerprint density at radius 3 is 1.26 bits per heavy atom. The van der Waals surface area contributed by atoms with E-state index in [4.69, 9.17) is 15.4 Å². The van der Waals surface area contributed by atoms with E-state index >= 15 is 0 Å². The highest BCUT2D eigenvalue weighted by molar-refractivity contribution is 6.63. The Hall–Kier alpha value is -3.10. The number of hydrazine groups is 1. The minimum absolute atomic E-state index is 0. The van der Waals surface area contributed by atoms with Crippen LogP contribution in [0.1, 0.15) is 66.0 Å². The molecule has 0 unspecified atom stereocenters. The molecule has 0 aliphatic heterocycles. The lowest BCUT2D eigenvalue weighted by Crippen LogP contribution is -2.26. The van der Waals surface area contributed by atoms with Crippen LogP contribution < -0.4 is 17.0 Å². The van der Waals surface area contributed by atoms with Crippen molar-refractivity contribution in [2.24, 2.45) is 16.7 Å². The van der Waals surface area contributed by atoms with Gasteiger partial charge in [-0.3, -0.25) is 19.8 Å². The molecule has 14 nitrogen and oxygen atoms in total. The van der Waals surface area contributed by atoms with E-state index in [9.17, 15) is 14.4 Å². The van der Waals surface area contributed by atoms with Crippen LogP contribution in [0.15, 0.2) is 14.1 Å². The first-order valence-corrected chi connectivity index (χ1v) is 9.11. The van der Waals surface area contributed by atoms with E-state index in [1.54, 1.807) is 27.7 Å². The second kappa shape index (κ2) is 29.9. The van der Waals surface area contributed by atoms with E-state index in [0.29, 0.717) is 23.5 Å². The minimum Gasteiger partial charge on any atom is -0.426 e. The fourth-order valence-electron chi connectivity index (χ4n) is 0.796. The van der Waals surface area contributed by atoms with Gasteiger partial charge < -0.3 is 19.9 Å². The van der Waals surface area contributed by atoms with Crippen molar-refractivity contribution in [2.45, 2.75) is 70.2 Å². The number of aromatic nitrogens is 4. The molecule has 16 heteroatoms. The molecule has 0 radical (unpaired) electrons. The monoisotopic (exact) mass is 532 g/mol. The number of amidine groups is 1. The van der Waals surface area contributed by atoms with Crippen LogP contribution in [0.3, 0.4) is 0 Å². The summed E-state index contributed by atoms with van der Waals surface area (Å²) in [5.41, 5.74) is 6.68. The van der Waals surface area contributed by atoms with Gasteiger partial charge in [0.15, 0.2) is 5.82 Å². The summed E-state index contributed by atoms with van der Waals surface area (Å²) in [6.07, 6.45) is 0. The second-order valence-electron chi connectivity index (χ2n) is 5.08. The Morgan fingerprint density at radius 2 is 1.21 bits per heavy atom. The lowest BCUT2D eigenvalue weighted by molar-refractivity contribution is -0.119. The maximum absolute atomic E-state index is 9.58. The number of hydrogen-bond donors (Lipinski definition) is 4. The Bertz CT molecular complexity index is 702. The van der Waals surface area contributed by atoms with Gasteiger partial charge in [-0.05, 0) is 37.0 Å². The highest BCUT2D eigenvalue weighted by Gasteiger charge is 1.90. The van der Waals surface area contributed by atoms with Gasteiger partial charge in [-0.1, -0.05) is 25.2 Å². The summed E-state index contributed by atoms with van der Waals surface area (Å²) in [7, 11) is 0. The molecule has 0 saturated carbocycles. The summed E-state index contributed by atoms with van der Waals surface area (Å²) in [6, 6.07) is 0. The highest BCUT2D eigenvalue weighted by Crippen LogP contribution is 1.92. The van der Waals surface area contributed by atoms with Crippen LogP contribution in [0.25, 0.3) is 0 Å². The number of halogens is 2. The summed E-state index contributed by atoms with van der Waals surface area (Å²) < 4.78 is 9.46. The van der Waals surface area contributed by atoms with Gasteiger partial charge in [-0.2, -0.15) is 4.98 Å². The van der Waals surface area contributed by atoms with Crippen molar-refractivity contribution in [2.75, 3.05) is 0 Å². The molecule has 2 aromatic heterocycles. The molecule has 200 valence electrons. The molecule has 0 bridgehead atoms. The van der Waals surface area contributed by atoms with Crippen LogP contribution in [0.2, 0.25) is 0 Å². The first kappa shape index (κ1) is 44.6.